The van der Waals surface area contributed by atoms with Crippen molar-refractivity contribution in [1.29, 1.82) is 0 Å². The summed E-state index contributed by atoms with van der Waals surface area (Å²) in [6, 6.07) is 6.05. The first kappa shape index (κ1) is 15.3. The molecular weight excluding hydrogens is 266 g/mol. The normalized spacial score (nSPS) is 10.8. The number of rotatable bonds is 6. The highest BCUT2D eigenvalue weighted by atomic mass is 16.5. The zero-order valence-electron chi connectivity index (χ0n) is 12.8. The zero-order chi connectivity index (χ0) is 15.4. The van der Waals surface area contributed by atoms with Gasteiger partial charge in [-0.25, -0.2) is 4.79 Å². The van der Waals surface area contributed by atoms with Gasteiger partial charge in [0, 0.05) is 17.3 Å². The number of Topliss-reactive ketones (excluding diaryl/α,β-unsaturated/α-hetero) is 1. The van der Waals surface area contributed by atoms with Crippen molar-refractivity contribution in [3.8, 4) is 0 Å². The van der Waals surface area contributed by atoms with Crippen molar-refractivity contribution in [2.75, 3.05) is 6.61 Å². The van der Waals surface area contributed by atoms with E-state index in [1.807, 2.05) is 19.1 Å². The van der Waals surface area contributed by atoms with Gasteiger partial charge >= 0.3 is 5.97 Å². The number of aromatic nitrogens is 1. The maximum Gasteiger partial charge on any atom is 0.355 e. The number of esters is 1. The maximum atomic E-state index is 12.1. The molecule has 0 spiro atoms. The molecule has 21 heavy (non-hydrogen) atoms. The summed E-state index contributed by atoms with van der Waals surface area (Å²) in [4.78, 5) is 26.4. The summed E-state index contributed by atoms with van der Waals surface area (Å²) in [6.07, 6.45) is 1.96. The van der Waals surface area contributed by atoms with E-state index in [1.54, 1.807) is 13.8 Å². The van der Waals surface area contributed by atoms with Crippen molar-refractivity contribution in [2.24, 2.45) is 0 Å². The number of ketones is 1. The summed E-state index contributed by atoms with van der Waals surface area (Å²) in [5.74, 6) is -0.159. The fourth-order valence-corrected chi connectivity index (χ4v) is 2.51. The Morgan fingerprint density at radius 3 is 2.71 bits per heavy atom. The van der Waals surface area contributed by atoms with Crippen LogP contribution in [0, 0.1) is 6.92 Å². The Hall–Kier alpha value is -2.10. The second-order valence-electron chi connectivity index (χ2n) is 5.30. The molecule has 0 unspecified atom stereocenters. The molecule has 0 saturated heterocycles. The van der Waals surface area contributed by atoms with Crippen molar-refractivity contribution in [3.63, 3.8) is 0 Å². The smallest absolute Gasteiger partial charge is 0.355 e. The quantitative estimate of drug-likeness (QED) is 0.826. The van der Waals surface area contributed by atoms with Crippen molar-refractivity contribution >= 4 is 22.7 Å². The second-order valence-corrected chi connectivity index (χ2v) is 5.30. The molecule has 4 heteroatoms. The van der Waals surface area contributed by atoms with Crippen LogP contribution in [0.2, 0.25) is 0 Å². The third-order valence-electron chi connectivity index (χ3n) is 3.50. The highest BCUT2D eigenvalue weighted by molar-refractivity contribution is 5.98. The van der Waals surface area contributed by atoms with E-state index in [0.717, 1.165) is 28.5 Å². The van der Waals surface area contributed by atoms with Gasteiger partial charge in [0.2, 0.25) is 0 Å². The molecule has 0 saturated carbocycles. The summed E-state index contributed by atoms with van der Waals surface area (Å²) in [5.41, 5.74) is 3.54. The van der Waals surface area contributed by atoms with E-state index in [1.165, 1.54) is 0 Å². The van der Waals surface area contributed by atoms with Crippen LogP contribution < -0.4 is 0 Å². The molecule has 0 radical (unpaired) electrons. The van der Waals surface area contributed by atoms with E-state index >= 15 is 0 Å². The molecule has 0 aliphatic heterocycles. The molecule has 0 aliphatic rings. The van der Waals surface area contributed by atoms with Gasteiger partial charge < -0.3 is 14.5 Å². The van der Waals surface area contributed by atoms with Crippen LogP contribution in [0.25, 0.3) is 10.9 Å². The van der Waals surface area contributed by atoms with Crippen molar-refractivity contribution in [1.82, 2.24) is 4.98 Å². The SMILES string of the molecule is CCOC(=O)c1[nH]c2ccc(C)cc2c1CCCC(C)=O. The minimum Gasteiger partial charge on any atom is -0.461 e. The molecule has 2 rings (SSSR count). The number of fused-ring (bicyclic) bond motifs is 1. The molecule has 4 nitrogen and oxygen atoms in total. The topological polar surface area (TPSA) is 59.2 Å². The number of aromatic amines is 1. The molecule has 1 aromatic heterocycles. The Labute approximate surface area is 124 Å². The molecule has 0 bridgehead atoms. The highest BCUT2D eigenvalue weighted by Gasteiger charge is 2.18. The standard InChI is InChI=1S/C17H21NO3/c1-4-21-17(20)16-13(7-5-6-12(3)19)14-10-11(2)8-9-15(14)18-16/h8-10,18H,4-7H2,1-3H3. The summed E-state index contributed by atoms with van der Waals surface area (Å²) < 4.78 is 5.12. The minimum absolute atomic E-state index is 0.170. The van der Waals surface area contributed by atoms with Gasteiger partial charge in [-0.2, -0.15) is 0 Å². The van der Waals surface area contributed by atoms with E-state index < -0.39 is 0 Å². The first-order valence-corrected chi connectivity index (χ1v) is 7.30. The third kappa shape index (κ3) is 3.51. The average Bonchev–Trinajstić information content (AvgIpc) is 2.77. The molecule has 2 aromatic rings. The van der Waals surface area contributed by atoms with Gasteiger partial charge in [0.05, 0.1) is 6.61 Å². The Kier molecular flexibility index (Phi) is 4.78. The number of H-pyrrole nitrogens is 1. The monoisotopic (exact) mass is 287 g/mol. The molecule has 112 valence electrons. The number of hydrogen-bond acceptors (Lipinski definition) is 3. The predicted octanol–water partition coefficient (Wildman–Crippen LogP) is 3.56. The molecule has 1 heterocycles. The lowest BCUT2D eigenvalue weighted by atomic mass is 10.0. The number of carbonyl (C=O) groups excluding carboxylic acids is 2. The third-order valence-corrected chi connectivity index (χ3v) is 3.50. The fraction of sp³-hybridized carbons (Fsp3) is 0.412. The van der Waals surface area contributed by atoms with E-state index in [4.69, 9.17) is 4.74 Å². The number of nitrogens with one attached hydrogen (secondary N) is 1. The average molecular weight is 287 g/mol. The zero-order valence-corrected chi connectivity index (χ0v) is 12.8. The van der Waals surface area contributed by atoms with Crippen LogP contribution in [0.5, 0.6) is 0 Å². The van der Waals surface area contributed by atoms with Gasteiger partial charge in [0.15, 0.2) is 0 Å². The lowest BCUT2D eigenvalue weighted by Gasteiger charge is -2.04. The number of aryl methyl sites for hydroxylation is 2. The van der Waals surface area contributed by atoms with Gasteiger partial charge in [-0.15, -0.1) is 0 Å². The summed E-state index contributed by atoms with van der Waals surface area (Å²) in [5, 5.41) is 1.04. The van der Waals surface area contributed by atoms with Crippen LogP contribution in [-0.2, 0) is 16.0 Å². The van der Waals surface area contributed by atoms with E-state index in [2.05, 4.69) is 11.1 Å². The van der Waals surface area contributed by atoms with Crippen molar-refractivity contribution in [3.05, 3.63) is 35.0 Å². The maximum absolute atomic E-state index is 12.1. The van der Waals surface area contributed by atoms with Gasteiger partial charge in [-0.1, -0.05) is 11.6 Å². The number of ether oxygens (including phenoxy) is 1. The fourth-order valence-electron chi connectivity index (χ4n) is 2.51. The van der Waals surface area contributed by atoms with Crippen LogP contribution in [0.1, 0.15) is 48.3 Å². The minimum atomic E-state index is -0.329. The Morgan fingerprint density at radius 2 is 2.05 bits per heavy atom. The molecule has 1 aromatic carbocycles. The van der Waals surface area contributed by atoms with Gasteiger partial charge in [-0.3, -0.25) is 0 Å². The van der Waals surface area contributed by atoms with E-state index in [-0.39, 0.29) is 11.8 Å². The molecule has 0 aliphatic carbocycles. The van der Waals surface area contributed by atoms with Gasteiger partial charge in [0.1, 0.15) is 11.5 Å². The number of benzene rings is 1. The number of carbonyl (C=O) groups is 2. The Morgan fingerprint density at radius 1 is 1.29 bits per heavy atom. The molecule has 0 atom stereocenters. The Bertz CT molecular complexity index is 670. The van der Waals surface area contributed by atoms with Crippen LogP contribution in [0.4, 0.5) is 0 Å². The molecule has 0 fully saturated rings. The molecule has 1 N–H and O–H groups in total. The van der Waals surface area contributed by atoms with Crippen LogP contribution in [0.3, 0.4) is 0 Å². The summed E-state index contributed by atoms with van der Waals surface area (Å²) in [6.45, 7) is 5.75. The summed E-state index contributed by atoms with van der Waals surface area (Å²) >= 11 is 0. The predicted molar refractivity (Wildman–Crippen MR) is 82.6 cm³/mol. The Balaban J connectivity index is 2.40. The van der Waals surface area contributed by atoms with Gasteiger partial charge in [-0.05, 0) is 51.3 Å². The van der Waals surface area contributed by atoms with Gasteiger partial charge in [0.25, 0.3) is 0 Å². The van der Waals surface area contributed by atoms with Crippen LogP contribution in [0.15, 0.2) is 18.2 Å². The van der Waals surface area contributed by atoms with Crippen LogP contribution in [-0.4, -0.2) is 23.3 Å². The van der Waals surface area contributed by atoms with Crippen molar-refractivity contribution < 1.29 is 14.3 Å². The molecule has 0 amide bonds. The first-order chi connectivity index (χ1) is 10.0. The lowest BCUT2D eigenvalue weighted by molar-refractivity contribution is -0.117. The second kappa shape index (κ2) is 6.57. The van der Waals surface area contributed by atoms with Crippen molar-refractivity contribution in [2.45, 2.75) is 40.0 Å². The summed E-state index contributed by atoms with van der Waals surface area (Å²) in [7, 11) is 0. The number of hydrogen-bond donors (Lipinski definition) is 1. The molecular formula is C17H21NO3. The van der Waals surface area contributed by atoms with Crippen LogP contribution >= 0.6 is 0 Å². The lowest BCUT2D eigenvalue weighted by Crippen LogP contribution is -2.08. The largest absolute Gasteiger partial charge is 0.461 e. The first-order valence-electron chi connectivity index (χ1n) is 7.30. The van der Waals surface area contributed by atoms with E-state index in [0.29, 0.717) is 25.1 Å². The van der Waals surface area contributed by atoms with E-state index in [9.17, 15) is 9.59 Å². The highest BCUT2D eigenvalue weighted by Crippen LogP contribution is 2.26.